The van der Waals surface area contributed by atoms with E-state index in [0.29, 0.717) is 12.4 Å². The molecule has 21 heavy (non-hydrogen) atoms. The number of nitrogens with zero attached hydrogens (tertiary/aromatic N) is 2. The molecule has 0 bridgehead atoms. The highest BCUT2D eigenvalue weighted by Gasteiger charge is 2.14. The summed E-state index contributed by atoms with van der Waals surface area (Å²) in [6.07, 6.45) is 1.39. The molecule has 0 aliphatic rings. The number of aromatic amines is 1. The number of ether oxygens (including phenoxy) is 1. The third kappa shape index (κ3) is 4.06. The van der Waals surface area contributed by atoms with Crippen LogP contribution in [-0.2, 0) is 0 Å². The van der Waals surface area contributed by atoms with E-state index in [0.717, 1.165) is 11.3 Å². The van der Waals surface area contributed by atoms with Gasteiger partial charge in [0.1, 0.15) is 11.6 Å². The number of methoxy groups -OCH3 is 1. The average molecular weight is 288 g/mol. The monoisotopic (exact) mass is 288 g/mol. The normalized spacial score (nSPS) is 12.2. The molecule has 1 heterocycles. The Balaban J connectivity index is 2.14. The van der Waals surface area contributed by atoms with Gasteiger partial charge in [-0.2, -0.15) is 0 Å². The number of anilines is 1. The van der Waals surface area contributed by atoms with E-state index < -0.39 is 0 Å². The summed E-state index contributed by atoms with van der Waals surface area (Å²) in [6.45, 7) is 0.636. The van der Waals surface area contributed by atoms with Gasteiger partial charge >= 0.3 is 0 Å². The number of benzene rings is 1. The van der Waals surface area contributed by atoms with Crippen LogP contribution in [-0.4, -0.2) is 42.6 Å². The van der Waals surface area contributed by atoms with E-state index in [-0.39, 0.29) is 11.6 Å². The zero-order chi connectivity index (χ0) is 15.2. The lowest BCUT2D eigenvalue weighted by Gasteiger charge is -2.25. The molecule has 6 heteroatoms. The van der Waals surface area contributed by atoms with Crippen molar-refractivity contribution in [1.82, 2.24) is 14.9 Å². The SMILES string of the molecule is COc1cccc(C(CNc2cc(=O)[nH]cn2)N(C)C)c1. The number of hydrogen-bond donors (Lipinski definition) is 2. The van der Waals surface area contributed by atoms with Gasteiger partial charge < -0.3 is 19.9 Å². The van der Waals surface area contributed by atoms with Gasteiger partial charge in [0.05, 0.1) is 19.5 Å². The minimum absolute atomic E-state index is 0.140. The zero-order valence-electron chi connectivity index (χ0n) is 12.5. The van der Waals surface area contributed by atoms with Crippen molar-refractivity contribution in [2.45, 2.75) is 6.04 Å². The Morgan fingerprint density at radius 3 is 2.86 bits per heavy atom. The summed E-state index contributed by atoms with van der Waals surface area (Å²) in [7, 11) is 5.68. The minimum atomic E-state index is -0.171. The molecular weight excluding hydrogens is 268 g/mol. The van der Waals surface area contributed by atoms with Gasteiger partial charge in [0.15, 0.2) is 0 Å². The van der Waals surface area contributed by atoms with Crippen LogP contribution in [0.5, 0.6) is 5.75 Å². The van der Waals surface area contributed by atoms with Crippen molar-refractivity contribution in [3.8, 4) is 5.75 Å². The van der Waals surface area contributed by atoms with E-state index in [1.807, 2.05) is 32.3 Å². The Hall–Kier alpha value is -2.34. The number of aromatic nitrogens is 2. The van der Waals surface area contributed by atoms with E-state index >= 15 is 0 Å². The maximum absolute atomic E-state index is 11.3. The first-order valence-electron chi connectivity index (χ1n) is 6.69. The van der Waals surface area contributed by atoms with Crippen LogP contribution < -0.4 is 15.6 Å². The van der Waals surface area contributed by atoms with Crippen molar-refractivity contribution in [3.63, 3.8) is 0 Å². The number of hydrogen-bond acceptors (Lipinski definition) is 5. The molecule has 2 aromatic rings. The standard InChI is InChI=1S/C15H20N4O2/c1-19(2)13(11-5-4-6-12(7-11)21-3)9-16-14-8-15(20)18-10-17-14/h4-8,10,13H,9H2,1-3H3,(H2,16,17,18,20). The molecule has 0 aliphatic carbocycles. The molecule has 112 valence electrons. The minimum Gasteiger partial charge on any atom is -0.497 e. The number of likely N-dealkylation sites (N-methyl/N-ethyl adjacent to an activating group) is 1. The van der Waals surface area contributed by atoms with Gasteiger partial charge in [-0.3, -0.25) is 4.79 Å². The molecule has 0 saturated carbocycles. The summed E-state index contributed by atoms with van der Waals surface area (Å²) in [6, 6.07) is 9.54. The van der Waals surface area contributed by atoms with Crippen molar-refractivity contribution in [3.05, 3.63) is 52.6 Å². The van der Waals surface area contributed by atoms with Gasteiger partial charge in [-0.25, -0.2) is 4.98 Å². The van der Waals surface area contributed by atoms with Crippen molar-refractivity contribution in [2.75, 3.05) is 33.1 Å². The van der Waals surface area contributed by atoms with Crippen LogP contribution in [0, 0.1) is 0 Å². The summed E-state index contributed by atoms with van der Waals surface area (Å²) in [4.78, 5) is 19.9. The highest BCUT2D eigenvalue weighted by atomic mass is 16.5. The molecule has 0 saturated heterocycles. The molecule has 1 aromatic carbocycles. The number of H-pyrrole nitrogens is 1. The fourth-order valence-corrected chi connectivity index (χ4v) is 2.11. The van der Waals surface area contributed by atoms with Crippen LogP contribution >= 0.6 is 0 Å². The fraction of sp³-hybridized carbons (Fsp3) is 0.333. The summed E-state index contributed by atoms with van der Waals surface area (Å²) in [5, 5.41) is 3.19. The van der Waals surface area contributed by atoms with Gasteiger partial charge in [0.2, 0.25) is 0 Å². The van der Waals surface area contributed by atoms with E-state index in [4.69, 9.17) is 4.74 Å². The average Bonchev–Trinajstić information content (AvgIpc) is 2.47. The maximum Gasteiger partial charge on any atom is 0.252 e. The van der Waals surface area contributed by atoms with Crippen molar-refractivity contribution in [2.24, 2.45) is 0 Å². The van der Waals surface area contributed by atoms with Crippen LogP contribution in [0.2, 0.25) is 0 Å². The van der Waals surface area contributed by atoms with E-state index in [9.17, 15) is 4.79 Å². The van der Waals surface area contributed by atoms with E-state index in [1.54, 1.807) is 7.11 Å². The fourth-order valence-electron chi connectivity index (χ4n) is 2.11. The smallest absolute Gasteiger partial charge is 0.252 e. The largest absolute Gasteiger partial charge is 0.497 e. The molecule has 0 aliphatic heterocycles. The first-order chi connectivity index (χ1) is 10.1. The van der Waals surface area contributed by atoms with Crippen molar-refractivity contribution < 1.29 is 4.74 Å². The van der Waals surface area contributed by atoms with Crippen LogP contribution in [0.25, 0.3) is 0 Å². The van der Waals surface area contributed by atoms with Gasteiger partial charge in [-0.05, 0) is 31.8 Å². The summed E-state index contributed by atoms with van der Waals surface area (Å²) >= 11 is 0. The number of rotatable bonds is 6. The summed E-state index contributed by atoms with van der Waals surface area (Å²) < 4.78 is 5.27. The second-order valence-corrected chi connectivity index (χ2v) is 4.93. The quantitative estimate of drug-likeness (QED) is 0.843. The highest BCUT2D eigenvalue weighted by Crippen LogP contribution is 2.22. The Morgan fingerprint density at radius 2 is 2.19 bits per heavy atom. The molecule has 0 radical (unpaired) electrons. The third-order valence-corrected chi connectivity index (χ3v) is 3.26. The van der Waals surface area contributed by atoms with Gasteiger partial charge in [-0.15, -0.1) is 0 Å². The van der Waals surface area contributed by atoms with Gasteiger partial charge in [0, 0.05) is 12.6 Å². The Labute approximate surface area is 123 Å². The topological polar surface area (TPSA) is 70.2 Å². The molecule has 1 atom stereocenters. The lowest BCUT2D eigenvalue weighted by molar-refractivity contribution is 0.310. The summed E-state index contributed by atoms with van der Waals surface area (Å²) in [5.74, 6) is 1.39. The lowest BCUT2D eigenvalue weighted by Crippen LogP contribution is -2.27. The van der Waals surface area contributed by atoms with Gasteiger partial charge in [0.25, 0.3) is 5.56 Å². The molecule has 6 nitrogen and oxygen atoms in total. The lowest BCUT2D eigenvalue weighted by atomic mass is 10.1. The Bertz CT molecular complexity index is 639. The molecule has 0 spiro atoms. The van der Waals surface area contributed by atoms with Gasteiger partial charge in [-0.1, -0.05) is 12.1 Å². The van der Waals surface area contributed by atoms with Crippen LogP contribution in [0.1, 0.15) is 11.6 Å². The predicted molar refractivity (Wildman–Crippen MR) is 82.8 cm³/mol. The Kier molecular flexibility index (Phi) is 4.94. The maximum atomic E-state index is 11.3. The molecule has 0 amide bonds. The zero-order valence-corrected chi connectivity index (χ0v) is 12.5. The Morgan fingerprint density at radius 1 is 1.38 bits per heavy atom. The molecule has 1 unspecified atom stereocenters. The third-order valence-electron chi connectivity index (χ3n) is 3.26. The number of nitrogens with one attached hydrogen (secondary N) is 2. The molecule has 2 rings (SSSR count). The van der Waals surface area contributed by atoms with Crippen molar-refractivity contribution in [1.29, 1.82) is 0 Å². The first-order valence-corrected chi connectivity index (χ1v) is 6.69. The van der Waals surface area contributed by atoms with E-state index in [1.165, 1.54) is 12.4 Å². The first kappa shape index (κ1) is 15.1. The predicted octanol–water partition coefficient (Wildman–Crippen LogP) is 1.49. The molecule has 0 fully saturated rings. The second kappa shape index (κ2) is 6.90. The van der Waals surface area contributed by atoms with Crippen LogP contribution in [0.3, 0.4) is 0 Å². The molecule has 1 aromatic heterocycles. The molecular formula is C15H20N4O2. The van der Waals surface area contributed by atoms with Crippen LogP contribution in [0.15, 0.2) is 41.5 Å². The molecule has 2 N–H and O–H groups in total. The van der Waals surface area contributed by atoms with E-state index in [2.05, 4.69) is 26.3 Å². The van der Waals surface area contributed by atoms with Crippen molar-refractivity contribution >= 4 is 5.82 Å². The second-order valence-electron chi connectivity index (χ2n) is 4.93. The van der Waals surface area contributed by atoms with Crippen LogP contribution in [0.4, 0.5) is 5.82 Å². The highest BCUT2D eigenvalue weighted by molar-refractivity contribution is 5.35. The summed E-state index contributed by atoms with van der Waals surface area (Å²) in [5.41, 5.74) is 0.965.